The zero-order valence-electron chi connectivity index (χ0n) is 17.8. The van der Waals surface area contributed by atoms with Gasteiger partial charge in [0.25, 0.3) is 0 Å². The van der Waals surface area contributed by atoms with Crippen LogP contribution < -0.4 is 11.1 Å². The Labute approximate surface area is 184 Å². The van der Waals surface area contributed by atoms with Crippen molar-refractivity contribution in [2.24, 2.45) is 11.7 Å². The molecule has 168 valence electrons. The predicted octanol–water partition coefficient (Wildman–Crippen LogP) is 0.266. The molecule has 0 spiro atoms. The highest BCUT2D eigenvalue weighted by Crippen LogP contribution is 2.28. The lowest BCUT2D eigenvalue weighted by Crippen LogP contribution is -2.55. The van der Waals surface area contributed by atoms with Crippen molar-refractivity contribution < 1.29 is 19.6 Å². The highest BCUT2D eigenvalue weighted by atomic mass is 32.1. The number of nitrogens with two attached hydrogens (primary N) is 1. The summed E-state index contributed by atoms with van der Waals surface area (Å²) in [6.07, 6.45) is 7.68. The summed E-state index contributed by atoms with van der Waals surface area (Å²) in [4.78, 5) is 30.1. The van der Waals surface area contributed by atoms with Crippen molar-refractivity contribution in [2.75, 3.05) is 19.6 Å². The van der Waals surface area contributed by atoms with Crippen molar-refractivity contribution in [1.29, 1.82) is 0 Å². The Hall–Kier alpha value is -1.23. The number of amides is 2. The number of likely N-dealkylation sites (tertiary alicyclic amines) is 2. The van der Waals surface area contributed by atoms with E-state index in [2.05, 4.69) is 5.32 Å². The topological polar surface area (TPSA) is 119 Å². The number of hydrogen-bond donors (Lipinski definition) is 4. The molecule has 2 saturated heterocycles. The minimum Gasteiger partial charge on any atom is -0.427 e. The van der Waals surface area contributed by atoms with Gasteiger partial charge in [-0.15, -0.1) is 0 Å². The summed E-state index contributed by atoms with van der Waals surface area (Å²) < 4.78 is 0. The van der Waals surface area contributed by atoms with Crippen LogP contribution in [0.5, 0.6) is 0 Å². The summed E-state index contributed by atoms with van der Waals surface area (Å²) in [7, 11) is -1.34. The maximum atomic E-state index is 13.1. The SMILES string of the molecule is C[C@H](NC(=O)[C@@H](N)C1CCCCC1)C(=O)N1CCC[C@H]1C(=S)N1CC[C@@H](B(O)O)C1. The van der Waals surface area contributed by atoms with Crippen molar-refractivity contribution in [3.63, 3.8) is 0 Å². The largest absolute Gasteiger partial charge is 0.456 e. The third-order valence-electron chi connectivity index (χ3n) is 6.97. The standard InChI is InChI=1S/C20H35BN4O4S/c1-13(23-18(26)17(22)14-6-3-2-4-7-14)19(27)25-10-5-8-16(25)20(30)24-11-9-15(12-24)21(28)29/h13-17,28-29H,2-12,22H2,1H3,(H,23,26)/t13-,15+,16-,17-/m0/s1. The molecule has 0 bridgehead atoms. The van der Waals surface area contributed by atoms with Crippen LogP contribution in [-0.4, -0.2) is 81.5 Å². The zero-order valence-corrected chi connectivity index (χ0v) is 18.6. The fourth-order valence-corrected chi connectivity index (χ4v) is 5.47. The first-order valence-corrected chi connectivity index (χ1v) is 11.7. The molecule has 3 fully saturated rings. The van der Waals surface area contributed by atoms with Gasteiger partial charge in [0, 0.05) is 25.5 Å². The molecule has 3 rings (SSSR count). The number of carbonyl (C=O) groups excluding carboxylic acids is 2. The maximum absolute atomic E-state index is 13.1. The van der Waals surface area contributed by atoms with Gasteiger partial charge in [0.1, 0.15) is 11.0 Å². The molecule has 2 amide bonds. The van der Waals surface area contributed by atoms with Crippen molar-refractivity contribution in [3.8, 4) is 0 Å². The van der Waals surface area contributed by atoms with Gasteiger partial charge in [-0.05, 0) is 44.9 Å². The van der Waals surface area contributed by atoms with Crippen LogP contribution in [0.2, 0.25) is 5.82 Å². The molecule has 3 aliphatic rings. The first-order valence-electron chi connectivity index (χ1n) is 11.3. The fourth-order valence-electron chi connectivity index (χ4n) is 5.06. The summed E-state index contributed by atoms with van der Waals surface area (Å²) in [5.74, 6) is -0.409. The van der Waals surface area contributed by atoms with E-state index in [0.29, 0.717) is 31.0 Å². The van der Waals surface area contributed by atoms with Crippen LogP contribution in [-0.2, 0) is 9.59 Å². The van der Waals surface area contributed by atoms with E-state index >= 15 is 0 Å². The normalized spacial score (nSPS) is 27.1. The second-order valence-electron chi connectivity index (χ2n) is 9.09. The summed E-state index contributed by atoms with van der Waals surface area (Å²) in [6, 6.07) is -1.41. The average molecular weight is 438 g/mol. The minimum absolute atomic E-state index is 0.137. The summed E-state index contributed by atoms with van der Waals surface area (Å²) in [6.45, 7) is 3.48. The Morgan fingerprint density at radius 2 is 1.80 bits per heavy atom. The van der Waals surface area contributed by atoms with Gasteiger partial charge in [0.15, 0.2) is 0 Å². The van der Waals surface area contributed by atoms with E-state index in [4.69, 9.17) is 18.0 Å². The van der Waals surface area contributed by atoms with E-state index in [1.165, 1.54) is 6.42 Å². The van der Waals surface area contributed by atoms with Gasteiger partial charge in [-0.2, -0.15) is 0 Å². The first-order chi connectivity index (χ1) is 14.3. The number of nitrogens with one attached hydrogen (secondary N) is 1. The number of carbonyl (C=O) groups is 2. The molecule has 0 radical (unpaired) electrons. The Kier molecular flexibility index (Phi) is 8.12. The van der Waals surface area contributed by atoms with Crippen molar-refractivity contribution in [2.45, 2.75) is 82.2 Å². The molecule has 1 saturated carbocycles. The third-order valence-corrected chi connectivity index (χ3v) is 7.50. The van der Waals surface area contributed by atoms with Gasteiger partial charge >= 0.3 is 7.12 Å². The van der Waals surface area contributed by atoms with Gasteiger partial charge in [0.05, 0.1) is 12.1 Å². The van der Waals surface area contributed by atoms with Crippen LogP contribution in [0.4, 0.5) is 0 Å². The molecule has 5 N–H and O–H groups in total. The highest BCUT2D eigenvalue weighted by molar-refractivity contribution is 7.80. The lowest BCUT2D eigenvalue weighted by Gasteiger charge is -2.33. The lowest BCUT2D eigenvalue weighted by atomic mass is 9.72. The molecule has 10 heteroatoms. The minimum atomic E-state index is -1.34. The van der Waals surface area contributed by atoms with Crippen LogP contribution in [0.15, 0.2) is 0 Å². The second kappa shape index (κ2) is 10.4. The fraction of sp³-hybridized carbons (Fsp3) is 0.850. The summed E-state index contributed by atoms with van der Waals surface area (Å²) >= 11 is 5.67. The smallest absolute Gasteiger partial charge is 0.427 e. The number of nitrogens with zero attached hydrogens (tertiary/aromatic N) is 2. The molecule has 2 heterocycles. The zero-order chi connectivity index (χ0) is 21.8. The monoisotopic (exact) mass is 438 g/mol. The third kappa shape index (κ3) is 5.33. The lowest BCUT2D eigenvalue weighted by molar-refractivity contribution is -0.136. The van der Waals surface area contributed by atoms with E-state index in [1.807, 2.05) is 4.90 Å². The Bertz CT molecular complexity index is 646. The molecule has 30 heavy (non-hydrogen) atoms. The van der Waals surface area contributed by atoms with Gasteiger partial charge < -0.3 is 30.9 Å². The van der Waals surface area contributed by atoms with Crippen molar-refractivity contribution in [3.05, 3.63) is 0 Å². The van der Waals surface area contributed by atoms with Gasteiger partial charge in [-0.25, -0.2) is 0 Å². The van der Waals surface area contributed by atoms with Crippen LogP contribution in [0.3, 0.4) is 0 Å². The molecule has 0 aromatic carbocycles. The highest BCUT2D eigenvalue weighted by Gasteiger charge is 2.40. The predicted molar refractivity (Wildman–Crippen MR) is 120 cm³/mol. The van der Waals surface area contributed by atoms with E-state index < -0.39 is 19.2 Å². The van der Waals surface area contributed by atoms with Crippen LogP contribution in [0, 0.1) is 5.92 Å². The van der Waals surface area contributed by atoms with Gasteiger partial charge in [0.2, 0.25) is 11.8 Å². The number of thiocarbonyl (C=S) groups is 1. The molecule has 1 aliphatic carbocycles. The Morgan fingerprint density at radius 3 is 2.43 bits per heavy atom. The van der Waals surface area contributed by atoms with E-state index in [9.17, 15) is 19.6 Å². The molecule has 8 nitrogen and oxygen atoms in total. The van der Waals surface area contributed by atoms with Crippen molar-refractivity contribution >= 4 is 36.1 Å². The van der Waals surface area contributed by atoms with E-state index in [-0.39, 0.29) is 29.6 Å². The van der Waals surface area contributed by atoms with Crippen LogP contribution in [0.25, 0.3) is 0 Å². The van der Waals surface area contributed by atoms with Crippen molar-refractivity contribution in [1.82, 2.24) is 15.1 Å². The maximum Gasteiger partial charge on any atom is 0.456 e. The quantitative estimate of drug-likeness (QED) is 0.347. The number of hydrogen-bond acceptors (Lipinski definition) is 6. The summed E-state index contributed by atoms with van der Waals surface area (Å²) in [5.41, 5.74) is 6.18. The Morgan fingerprint density at radius 1 is 1.10 bits per heavy atom. The molecule has 0 aromatic heterocycles. The van der Waals surface area contributed by atoms with E-state index in [1.54, 1.807) is 11.8 Å². The Balaban J connectivity index is 1.55. The van der Waals surface area contributed by atoms with Crippen LogP contribution >= 0.6 is 12.2 Å². The molecule has 0 aromatic rings. The first kappa shape index (κ1) is 23.4. The molecular formula is C20H35BN4O4S. The van der Waals surface area contributed by atoms with Crippen LogP contribution in [0.1, 0.15) is 58.3 Å². The molecule has 2 aliphatic heterocycles. The average Bonchev–Trinajstić information content (AvgIpc) is 3.42. The number of rotatable bonds is 6. The van der Waals surface area contributed by atoms with Gasteiger partial charge in [-0.3, -0.25) is 9.59 Å². The molecule has 0 unspecified atom stereocenters. The van der Waals surface area contributed by atoms with Gasteiger partial charge in [-0.1, -0.05) is 31.5 Å². The molecule has 4 atom stereocenters. The second-order valence-corrected chi connectivity index (χ2v) is 9.51. The molecular weight excluding hydrogens is 403 g/mol. The van der Waals surface area contributed by atoms with E-state index in [0.717, 1.165) is 38.5 Å². The summed E-state index contributed by atoms with van der Waals surface area (Å²) in [5, 5.41) is 21.7.